The summed E-state index contributed by atoms with van der Waals surface area (Å²) in [5.41, 5.74) is 1.20. The molecule has 2 aromatic heterocycles. The maximum absolute atomic E-state index is 4.26. The van der Waals surface area contributed by atoms with Gasteiger partial charge in [-0.15, -0.1) is 0 Å². The molecule has 0 amide bonds. The summed E-state index contributed by atoms with van der Waals surface area (Å²) in [6, 6.07) is 0.142. The molecule has 0 bridgehead atoms. The number of hydrogen-bond donors (Lipinski definition) is 1. The van der Waals surface area contributed by atoms with Gasteiger partial charge in [0.05, 0.1) is 18.4 Å². The molecule has 0 aromatic carbocycles. The summed E-state index contributed by atoms with van der Waals surface area (Å²) in [6.45, 7) is 6.57. The number of nitrogens with zero attached hydrogens (tertiary/aromatic N) is 4. The maximum atomic E-state index is 4.26. The highest BCUT2D eigenvalue weighted by molar-refractivity contribution is 5.35. The molecule has 1 atom stereocenters. The summed E-state index contributed by atoms with van der Waals surface area (Å²) < 4.78 is 1.81. The molecule has 1 unspecified atom stereocenters. The molecule has 2 heterocycles. The molecule has 0 aliphatic rings. The molecule has 0 radical (unpaired) electrons. The molecule has 2 aromatic rings. The minimum absolute atomic E-state index is 0.0561. The van der Waals surface area contributed by atoms with Crippen LogP contribution in [0.4, 0.5) is 5.82 Å². The van der Waals surface area contributed by atoms with Crippen molar-refractivity contribution in [1.82, 2.24) is 19.7 Å². The van der Waals surface area contributed by atoms with E-state index in [1.165, 1.54) is 0 Å². The number of hydrogen-bond acceptors (Lipinski definition) is 4. The van der Waals surface area contributed by atoms with Crippen molar-refractivity contribution in [2.24, 2.45) is 12.5 Å². The van der Waals surface area contributed by atoms with E-state index in [2.05, 4.69) is 41.2 Å². The van der Waals surface area contributed by atoms with Gasteiger partial charge in [0.1, 0.15) is 5.82 Å². The Balaban J connectivity index is 2.27. The second kappa shape index (κ2) is 4.76. The zero-order valence-corrected chi connectivity index (χ0v) is 11.3. The fraction of sp³-hybridized carbons (Fsp3) is 0.462. The number of aromatic nitrogens is 4. The Morgan fingerprint density at radius 3 is 2.50 bits per heavy atom. The van der Waals surface area contributed by atoms with Gasteiger partial charge >= 0.3 is 0 Å². The van der Waals surface area contributed by atoms with Crippen LogP contribution in [0.5, 0.6) is 0 Å². The van der Waals surface area contributed by atoms with E-state index in [0.717, 1.165) is 11.4 Å². The van der Waals surface area contributed by atoms with Gasteiger partial charge in [-0.1, -0.05) is 20.8 Å². The van der Waals surface area contributed by atoms with Gasteiger partial charge in [0.2, 0.25) is 0 Å². The highest BCUT2D eigenvalue weighted by Crippen LogP contribution is 2.34. The Labute approximate surface area is 107 Å². The van der Waals surface area contributed by atoms with Gasteiger partial charge in [0.25, 0.3) is 0 Å². The third-order valence-corrected chi connectivity index (χ3v) is 2.78. The topological polar surface area (TPSA) is 55.6 Å². The molecule has 5 heteroatoms. The first-order chi connectivity index (χ1) is 8.47. The van der Waals surface area contributed by atoms with E-state index in [4.69, 9.17) is 0 Å². The second-order valence-electron chi connectivity index (χ2n) is 5.48. The van der Waals surface area contributed by atoms with Crippen LogP contribution in [0.2, 0.25) is 0 Å². The predicted octanol–water partition coefficient (Wildman–Crippen LogP) is 2.41. The van der Waals surface area contributed by atoms with E-state index in [-0.39, 0.29) is 11.5 Å². The summed E-state index contributed by atoms with van der Waals surface area (Å²) >= 11 is 0. The van der Waals surface area contributed by atoms with Crippen LogP contribution in [0.15, 0.2) is 31.0 Å². The van der Waals surface area contributed by atoms with Gasteiger partial charge in [-0.05, 0) is 5.41 Å². The standard InChI is InChI=1S/C13H19N5/c1-13(2,3)12(10-7-16-18(4)9-10)17-11-8-14-5-6-15-11/h5-9,12H,1-4H3,(H,15,17). The van der Waals surface area contributed by atoms with Crippen molar-refractivity contribution in [3.63, 3.8) is 0 Å². The van der Waals surface area contributed by atoms with Crippen LogP contribution in [-0.2, 0) is 7.05 Å². The summed E-state index contributed by atoms with van der Waals surface area (Å²) in [5.74, 6) is 0.779. The lowest BCUT2D eigenvalue weighted by atomic mass is 9.83. The Kier molecular flexibility index (Phi) is 3.32. The third-order valence-electron chi connectivity index (χ3n) is 2.78. The van der Waals surface area contributed by atoms with Gasteiger partial charge in [-0.25, -0.2) is 4.98 Å². The van der Waals surface area contributed by atoms with E-state index < -0.39 is 0 Å². The van der Waals surface area contributed by atoms with Crippen LogP contribution in [0.3, 0.4) is 0 Å². The summed E-state index contributed by atoms with van der Waals surface area (Å²) in [4.78, 5) is 8.34. The summed E-state index contributed by atoms with van der Waals surface area (Å²) in [6.07, 6.45) is 9.00. The molecular weight excluding hydrogens is 226 g/mol. The van der Waals surface area contributed by atoms with Crippen LogP contribution in [0, 0.1) is 5.41 Å². The van der Waals surface area contributed by atoms with E-state index in [1.807, 2.05) is 24.1 Å². The number of nitrogens with one attached hydrogen (secondary N) is 1. The highest BCUT2D eigenvalue weighted by atomic mass is 15.2. The molecule has 96 valence electrons. The third kappa shape index (κ3) is 2.85. The first kappa shape index (κ1) is 12.5. The molecule has 18 heavy (non-hydrogen) atoms. The minimum Gasteiger partial charge on any atom is -0.361 e. The predicted molar refractivity (Wildman–Crippen MR) is 71.1 cm³/mol. The van der Waals surface area contributed by atoms with Gasteiger partial charge in [0.15, 0.2) is 0 Å². The molecule has 0 saturated heterocycles. The SMILES string of the molecule is Cn1cc(C(Nc2cnccn2)C(C)(C)C)cn1. The average Bonchev–Trinajstić information content (AvgIpc) is 2.72. The highest BCUT2D eigenvalue weighted by Gasteiger charge is 2.27. The molecule has 0 aliphatic carbocycles. The van der Waals surface area contributed by atoms with E-state index in [9.17, 15) is 0 Å². The van der Waals surface area contributed by atoms with Crippen molar-refractivity contribution in [3.05, 3.63) is 36.5 Å². The molecule has 1 N–H and O–H groups in total. The van der Waals surface area contributed by atoms with Gasteiger partial charge in [-0.2, -0.15) is 5.10 Å². The van der Waals surface area contributed by atoms with Gasteiger partial charge in [0, 0.05) is 31.2 Å². The van der Waals surface area contributed by atoms with Crippen molar-refractivity contribution >= 4 is 5.82 Å². The number of anilines is 1. The first-order valence-electron chi connectivity index (χ1n) is 5.98. The minimum atomic E-state index is 0.0561. The zero-order chi connectivity index (χ0) is 13.2. The normalized spacial score (nSPS) is 13.3. The van der Waals surface area contributed by atoms with Crippen LogP contribution < -0.4 is 5.32 Å². The molecule has 5 nitrogen and oxygen atoms in total. The van der Waals surface area contributed by atoms with Crippen LogP contribution >= 0.6 is 0 Å². The smallest absolute Gasteiger partial charge is 0.144 e. The average molecular weight is 245 g/mol. The van der Waals surface area contributed by atoms with Crippen molar-refractivity contribution in [1.29, 1.82) is 0 Å². The van der Waals surface area contributed by atoms with E-state index in [0.29, 0.717) is 0 Å². The van der Waals surface area contributed by atoms with Crippen molar-refractivity contribution in [2.45, 2.75) is 26.8 Å². The quantitative estimate of drug-likeness (QED) is 0.902. The lowest BCUT2D eigenvalue weighted by Crippen LogP contribution is -2.25. The summed E-state index contributed by atoms with van der Waals surface area (Å²) in [5, 5.41) is 7.65. The number of rotatable bonds is 3. The largest absolute Gasteiger partial charge is 0.361 e. The van der Waals surface area contributed by atoms with Crippen molar-refractivity contribution in [3.8, 4) is 0 Å². The van der Waals surface area contributed by atoms with Crippen molar-refractivity contribution in [2.75, 3.05) is 5.32 Å². The molecule has 0 saturated carbocycles. The molecule has 0 fully saturated rings. The Morgan fingerprint density at radius 2 is 2.00 bits per heavy atom. The Hall–Kier alpha value is -1.91. The first-order valence-corrected chi connectivity index (χ1v) is 5.98. The van der Waals surface area contributed by atoms with Crippen LogP contribution in [0.25, 0.3) is 0 Å². The molecule has 2 rings (SSSR count). The van der Waals surface area contributed by atoms with E-state index >= 15 is 0 Å². The Morgan fingerprint density at radius 1 is 1.22 bits per heavy atom. The monoisotopic (exact) mass is 245 g/mol. The lowest BCUT2D eigenvalue weighted by Gasteiger charge is -2.31. The van der Waals surface area contributed by atoms with Crippen LogP contribution in [-0.4, -0.2) is 19.7 Å². The van der Waals surface area contributed by atoms with Gasteiger partial charge < -0.3 is 5.32 Å². The van der Waals surface area contributed by atoms with Crippen LogP contribution in [0.1, 0.15) is 32.4 Å². The summed E-state index contributed by atoms with van der Waals surface area (Å²) in [7, 11) is 1.92. The van der Waals surface area contributed by atoms with Gasteiger partial charge in [-0.3, -0.25) is 9.67 Å². The molecule has 0 aliphatic heterocycles. The van der Waals surface area contributed by atoms with Crippen molar-refractivity contribution < 1.29 is 0 Å². The lowest BCUT2D eigenvalue weighted by molar-refractivity contribution is 0.346. The maximum Gasteiger partial charge on any atom is 0.144 e. The Bertz CT molecular complexity index is 498. The second-order valence-corrected chi connectivity index (χ2v) is 5.48. The molecule has 0 spiro atoms. The molecular formula is C13H19N5. The fourth-order valence-corrected chi connectivity index (χ4v) is 1.91. The zero-order valence-electron chi connectivity index (χ0n) is 11.3. The fourth-order valence-electron chi connectivity index (χ4n) is 1.91. The van der Waals surface area contributed by atoms with E-state index in [1.54, 1.807) is 18.6 Å². The number of aryl methyl sites for hydroxylation is 1.